The van der Waals surface area contributed by atoms with Crippen molar-refractivity contribution in [3.63, 3.8) is 0 Å². The molecule has 0 spiro atoms. The highest BCUT2D eigenvalue weighted by Gasteiger charge is 2.24. The number of nitrogens with zero attached hydrogens (tertiary/aromatic N) is 6. The van der Waals surface area contributed by atoms with Gasteiger partial charge in [0.1, 0.15) is 11.5 Å². The van der Waals surface area contributed by atoms with E-state index >= 15 is 4.39 Å². The summed E-state index contributed by atoms with van der Waals surface area (Å²) >= 11 is 1.62. The molecule has 1 unspecified atom stereocenters. The van der Waals surface area contributed by atoms with E-state index in [1.165, 1.54) is 24.5 Å². The van der Waals surface area contributed by atoms with Gasteiger partial charge in [-0.25, -0.2) is 9.37 Å². The Bertz CT molecular complexity index is 1790. The lowest BCUT2D eigenvalue weighted by atomic mass is 9.91. The van der Waals surface area contributed by atoms with E-state index in [-0.39, 0.29) is 23.5 Å². The molecule has 250 valence electrons. The zero-order chi connectivity index (χ0) is 33.2. The largest absolute Gasteiger partial charge is 0.366 e. The van der Waals surface area contributed by atoms with Crippen LogP contribution in [-0.2, 0) is 6.54 Å². The van der Waals surface area contributed by atoms with Crippen LogP contribution in [0.25, 0.3) is 22.2 Å². The van der Waals surface area contributed by atoms with Crippen LogP contribution < -0.4 is 21.1 Å². The number of benzene rings is 2. The fraction of sp³-hybridized carbons (Fsp3) is 0.472. The number of piperidine rings is 1. The molecular weight excluding hydrogens is 612 g/mol. The third-order valence-electron chi connectivity index (χ3n) is 9.58. The third kappa shape index (κ3) is 7.33. The van der Waals surface area contributed by atoms with E-state index in [0.29, 0.717) is 47.7 Å². The Hall–Kier alpha value is -3.51. The van der Waals surface area contributed by atoms with Gasteiger partial charge in [0.15, 0.2) is 0 Å². The van der Waals surface area contributed by atoms with Gasteiger partial charge in [-0.2, -0.15) is 4.98 Å². The number of hydrogen-bond acceptors (Lipinski definition) is 9. The van der Waals surface area contributed by atoms with Gasteiger partial charge in [-0.15, -0.1) is 0 Å². The first-order chi connectivity index (χ1) is 22.6. The maximum Gasteiger partial charge on any atom is 0.260 e. The van der Waals surface area contributed by atoms with Gasteiger partial charge in [0, 0.05) is 67.1 Å². The number of hydrogen-bond donors (Lipinski definition) is 2. The summed E-state index contributed by atoms with van der Waals surface area (Å²) in [5.41, 5.74) is 5.55. The molecule has 2 aliphatic rings. The van der Waals surface area contributed by atoms with Gasteiger partial charge in [-0.3, -0.25) is 18.6 Å². The summed E-state index contributed by atoms with van der Waals surface area (Å²) in [4.78, 5) is 28.1. The summed E-state index contributed by atoms with van der Waals surface area (Å²) in [6, 6.07) is 14.6. The van der Waals surface area contributed by atoms with Gasteiger partial charge in [-0.1, -0.05) is 36.6 Å². The van der Waals surface area contributed by atoms with E-state index in [9.17, 15) is 4.79 Å². The Labute approximate surface area is 281 Å². The molecule has 2 aliphatic heterocycles. The molecule has 11 heteroatoms. The first-order valence-electron chi connectivity index (χ1n) is 16.7. The minimum Gasteiger partial charge on any atom is -0.366 e. The van der Waals surface area contributed by atoms with Crippen molar-refractivity contribution >= 4 is 40.3 Å². The van der Waals surface area contributed by atoms with Crippen molar-refractivity contribution in [2.45, 2.75) is 64.7 Å². The summed E-state index contributed by atoms with van der Waals surface area (Å²) in [5.74, 6) is 0.0144. The van der Waals surface area contributed by atoms with E-state index in [0.717, 1.165) is 42.6 Å². The number of pyridine rings is 1. The molecule has 3 atom stereocenters. The van der Waals surface area contributed by atoms with Gasteiger partial charge in [0.05, 0.1) is 5.69 Å². The van der Waals surface area contributed by atoms with Crippen LogP contribution in [0, 0.1) is 12.7 Å². The second-order valence-electron chi connectivity index (χ2n) is 13.3. The summed E-state index contributed by atoms with van der Waals surface area (Å²) in [7, 11) is 4.21. The molecule has 47 heavy (non-hydrogen) atoms. The van der Waals surface area contributed by atoms with Gasteiger partial charge >= 0.3 is 0 Å². The quantitative estimate of drug-likeness (QED) is 0.204. The SMILES string of the molecule is CSN(C)CCn1c(=O)c(-c2ccc(C3CCCCN3C)cc2C)cc2cnc(Nc3ccc(N4C[C@@H](C)N[C@@H](C)C4)c(F)c3)nc21. The van der Waals surface area contributed by atoms with E-state index in [1.54, 1.807) is 22.7 Å². The fourth-order valence-electron chi connectivity index (χ4n) is 7.14. The maximum absolute atomic E-state index is 15.4. The zero-order valence-corrected chi connectivity index (χ0v) is 29.2. The molecule has 0 radical (unpaired) electrons. The molecule has 0 aliphatic carbocycles. The van der Waals surface area contributed by atoms with Gasteiger partial charge in [0.25, 0.3) is 5.56 Å². The number of nitrogens with one attached hydrogen (secondary N) is 2. The topological polar surface area (TPSA) is 81.6 Å². The van der Waals surface area contributed by atoms with Crippen molar-refractivity contribution in [1.82, 2.24) is 29.1 Å². The zero-order valence-electron chi connectivity index (χ0n) is 28.4. The predicted octanol–water partition coefficient (Wildman–Crippen LogP) is 6.20. The summed E-state index contributed by atoms with van der Waals surface area (Å²) < 4.78 is 19.2. The molecule has 2 fully saturated rings. The molecule has 6 rings (SSSR count). The van der Waals surface area contributed by atoms with E-state index in [1.807, 2.05) is 31.5 Å². The van der Waals surface area contributed by atoms with Crippen molar-refractivity contribution in [2.24, 2.45) is 0 Å². The van der Waals surface area contributed by atoms with Crippen LogP contribution in [0.2, 0.25) is 0 Å². The molecule has 4 aromatic rings. The lowest BCUT2D eigenvalue weighted by Gasteiger charge is -2.37. The van der Waals surface area contributed by atoms with E-state index in [4.69, 9.17) is 4.98 Å². The first kappa shape index (κ1) is 33.4. The summed E-state index contributed by atoms with van der Waals surface area (Å²) in [5, 5.41) is 7.44. The molecule has 2 saturated heterocycles. The Morgan fingerprint density at radius 3 is 2.57 bits per heavy atom. The normalized spacial score (nSPS) is 20.7. The lowest BCUT2D eigenvalue weighted by Crippen LogP contribution is -2.54. The standard InChI is InChI=1S/C36H47FN8OS/c1-23-17-26(32-9-7-8-14-42(32)4)10-12-29(23)30-18-27-20-38-36(41-34(27)45(35(30)46)16-15-43(5)47-6)40-28-11-13-33(31(37)19-28)44-21-24(2)39-25(3)22-44/h10-13,17-20,24-25,32,39H,7-9,14-16,21-22H2,1-6H3,(H,38,40,41)/t24-,25+,32?. The van der Waals surface area contributed by atoms with Crippen molar-refractivity contribution in [1.29, 1.82) is 0 Å². The lowest BCUT2D eigenvalue weighted by molar-refractivity contribution is 0.187. The molecule has 9 nitrogen and oxygen atoms in total. The summed E-state index contributed by atoms with van der Waals surface area (Å²) in [6.07, 6.45) is 7.40. The molecule has 2 aromatic carbocycles. The number of likely N-dealkylation sites (tertiary alicyclic amines) is 1. The Kier molecular flexibility index (Phi) is 10.2. The number of anilines is 3. The summed E-state index contributed by atoms with van der Waals surface area (Å²) in [6.45, 7) is 10.0. The van der Waals surface area contributed by atoms with Crippen LogP contribution in [-0.4, -0.2) is 82.4 Å². The van der Waals surface area contributed by atoms with E-state index < -0.39 is 0 Å². The first-order valence-corrected chi connectivity index (χ1v) is 17.8. The second-order valence-corrected chi connectivity index (χ2v) is 14.2. The minimum atomic E-state index is -0.296. The van der Waals surface area contributed by atoms with Gasteiger partial charge in [-0.05, 0) is 101 Å². The average molecular weight is 659 g/mol. The molecule has 2 N–H and O–H groups in total. The van der Waals surface area contributed by atoms with Crippen LogP contribution in [0.15, 0.2) is 53.5 Å². The molecule has 0 saturated carbocycles. The molecule has 2 aromatic heterocycles. The Morgan fingerprint density at radius 2 is 1.87 bits per heavy atom. The van der Waals surface area contributed by atoms with Gasteiger partial charge in [0.2, 0.25) is 5.95 Å². The van der Waals surface area contributed by atoms with Crippen LogP contribution in [0.4, 0.5) is 21.7 Å². The third-order valence-corrected chi connectivity index (χ3v) is 10.4. The molecule has 4 heterocycles. The van der Waals surface area contributed by atoms with Crippen molar-refractivity contribution < 1.29 is 4.39 Å². The van der Waals surface area contributed by atoms with Crippen LogP contribution in [0.5, 0.6) is 0 Å². The predicted molar refractivity (Wildman–Crippen MR) is 193 cm³/mol. The highest BCUT2D eigenvalue weighted by Crippen LogP contribution is 2.33. The highest BCUT2D eigenvalue weighted by molar-refractivity contribution is 7.96. The minimum absolute atomic E-state index is 0.0860. The van der Waals surface area contributed by atoms with Crippen LogP contribution in [0.3, 0.4) is 0 Å². The maximum atomic E-state index is 15.4. The Balaban J connectivity index is 1.32. The van der Waals surface area contributed by atoms with Crippen molar-refractivity contribution in [3.05, 3.63) is 76.0 Å². The van der Waals surface area contributed by atoms with Crippen LogP contribution >= 0.6 is 11.9 Å². The number of aryl methyl sites for hydroxylation is 1. The smallest absolute Gasteiger partial charge is 0.260 e. The van der Waals surface area contributed by atoms with Crippen LogP contribution in [0.1, 0.15) is 50.3 Å². The number of likely N-dealkylation sites (N-methyl/N-ethyl adjacent to an activating group) is 1. The average Bonchev–Trinajstić information content (AvgIpc) is 3.04. The number of aromatic nitrogens is 3. The fourth-order valence-corrected chi connectivity index (χ4v) is 7.40. The molecule has 0 amide bonds. The molecule has 0 bridgehead atoms. The number of rotatable bonds is 9. The number of fused-ring (bicyclic) bond motifs is 1. The van der Waals surface area contributed by atoms with Crippen molar-refractivity contribution in [3.8, 4) is 11.1 Å². The Morgan fingerprint density at radius 1 is 1.09 bits per heavy atom. The second kappa shape index (κ2) is 14.3. The number of piperazine rings is 1. The van der Waals surface area contributed by atoms with E-state index in [2.05, 4.69) is 75.7 Å². The molecular formula is C36H47FN8OS. The van der Waals surface area contributed by atoms with Crippen molar-refractivity contribution in [2.75, 3.05) is 56.7 Å². The highest BCUT2D eigenvalue weighted by atomic mass is 32.2. The monoisotopic (exact) mass is 658 g/mol. The van der Waals surface area contributed by atoms with Gasteiger partial charge < -0.3 is 15.5 Å². The number of halogens is 1.